The Morgan fingerprint density at radius 2 is 2.20 bits per heavy atom. The van der Waals surface area contributed by atoms with Crippen molar-refractivity contribution in [1.82, 2.24) is 4.90 Å². The number of nitrogens with zero attached hydrogens (tertiary/aromatic N) is 2. The number of amides is 1. The number of hydrogen-bond donors (Lipinski definition) is 2. The Hall–Kier alpha value is -1.46. The zero-order valence-corrected chi connectivity index (χ0v) is 8.85. The maximum atomic E-state index is 11.3. The number of nitrogens with two attached hydrogens (primary N) is 1. The minimum absolute atomic E-state index is 0.0701. The Morgan fingerprint density at radius 1 is 1.60 bits per heavy atom. The molecule has 1 amide bonds. The van der Waals surface area contributed by atoms with E-state index in [0.29, 0.717) is 32.5 Å². The second kappa shape index (κ2) is 5.43. The van der Waals surface area contributed by atoms with E-state index >= 15 is 0 Å². The molecule has 3 N–H and O–H groups in total. The van der Waals surface area contributed by atoms with Gasteiger partial charge in [-0.15, -0.1) is 0 Å². The third-order valence-electron chi connectivity index (χ3n) is 2.55. The predicted octanol–water partition coefficient (Wildman–Crippen LogP) is 0.601. The van der Waals surface area contributed by atoms with E-state index in [1.807, 2.05) is 0 Å². The lowest BCUT2D eigenvalue weighted by molar-refractivity contribution is 0.0961. The number of piperidine rings is 1. The SMILES string of the molecule is CCOC(=O)N1CCC(C(N)=NO)CC1. The fourth-order valence-electron chi connectivity index (χ4n) is 1.65. The number of oxime groups is 1. The van der Waals surface area contributed by atoms with E-state index in [2.05, 4.69) is 5.16 Å². The normalized spacial score (nSPS) is 19.0. The summed E-state index contributed by atoms with van der Waals surface area (Å²) >= 11 is 0. The lowest BCUT2D eigenvalue weighted by atomic mass is 9.96. The van der Waals surface area contributed by atoms with Crippen molar-refractivity contribution in [1.29, 1.82) is 0 Å². The van der Waals surface area contributed by atoms with E-state index in [-0.39, 0.29) is 17.8 Å². The van der Waals surface area contributed by atoms with E-state index in [9.17, 15) is 4.79 Å². The Labute approximate surface area is 88.7 Å². The zero-order chi connectivity index (χ0) is 11.3. The zero-order valence-electron chi connectivity index (χ0n) is 8.85. The van der Waals surface area contributed by atoms with Crippen LogP contribution in [0, 0.1) is 5.92 Å². The largest absolute Gasteiger partial charge is 0.450 e. The van der Waals surface area contributed by atoms with Gasteiger partial charge in [0.15, 0.2) is 0 Å². The molecule has 1 heterocycles. The standard InChI is InChI=1S/C9H17N3O3/c1-2-15-9(13)12-5-3-7(4-6-12)8(10)11-14/h7,14H,2-6H2,1H3,(H2,10,11). The first kappa shape index (κ1) is 11.6. The summed E-state index contributed by atoms with van der Waals surface area (Å²) in [5.41, 5.74) is 5.49. The second-order valence-electron chi connectivity index (χ2n) is 3.49. The highest BCUT2D eigenvalue weighted by Crippen LogP contribution is 2.17. The van der Waals surface area contributed by atoms with Crippen LogP contribution in [-0.4, -0.2) is 41.7 Å². The van der Waals surface area contributed by atoms with Crippen molar-refractivity contribution in [2.45, 2.75) is 19.8 Å². The van der Waals surface area contributed by atoms with Crippen LogP contribution in [0.5, 0.6) is 0 Å². The molecular formula is C9H17N3O3. The van der Waals surface area contributed by atoms with E-state index in [0.717, 1.165) is 0 Å². The molecule has 0 aromatic heterocycles. The summed E-state index contributed by atoms with van der Waals surface area (Å²) in [6.07, 6.45) is 1.15. The molecule has 0 aliphatic carbocycles. The van der Waals surface area contributed by atoms with E-state index < -0.39 is 0 Å². The molecule has 0 radical (unpaired) electrons. The number of ether oxygens (including phenoxy) is 1. The molecule has 6 heteroatoms. The second-order valence-corrected chi connectivity index (χ2v) is 3.49. The molecule has 1 rings (SSSR count). The van der Waals surface area contributed by atoms with Crippen molar-refractivity contribution in [3.8, 4) is 0 Å². The molecule has 0 atom stereocenters. The lowest BCUT2D eigenvalue weighted by Gasteiger charge is -2.30. The summed E-state index contributed by atoms with van der Waals surface area (Å²) in [6, 6.07) is 0. The number of carbonyl (C=O) groups excluding carboxylic acids is 1. The summed E-state index contributed by atoms with van der Waals surface area (Å²) in [5, 5.41) is 11.5. The third-order valence-corrected chi connectivity index (χ3v) is 2.55. The fourth-order valence-corrected chi connectivity index (χ4v) is 1.65. The van der Waals surface area contributed by atoms with Crippen molar-refractivity contribution < 1.29 is 14.7 Å². The molecule has 1 aliphatic rings. The molecule has 1 aliphatic heterocycles. The molecule has 0 saturated carbocycles. The van der Waals surface area contributed by atoms with Gasteiger partial charge in [-0.3, -0.25) is 0 Å². The number of likely N-dealkylation sites (tertiary alicyclic amines) is 1. The van der Waals surface area contributed by atoms with Crippen LogP contribution in [0.25, 0.3) is 0 Å². The highest BCUT2D eigenvalue weighted by molar-refractivity contribution is 5.82. The molecule has 1 fully saturated rings. The molecule has 15 heavy (non-hydrogen) atoms. The minimum Gasteiger partial charge on any atom is -0.450 e. The maximum Gasteiger partial charge on any atom is 0.409 e. The van der Waals surface area contributed by atoms with Gasteiger partial charge in [0.05, 0.1) is 6.61 Å². The van der Waals surface area contributed by atoms with Crippen LogP contribution >= 0.6 is 0 Å². The van der Waals surface area contributed by atoms with Crippen LogP contribution < -0.4 is 5.73 Å². The van der Waals surface area contributed by atoms with Gasteiger partial charge in [-0.1, -0.05) is 5.16 Å². The van der Waals surface area contributed by atoms with Crippen LogP contribution in [-0.2, 0) is 4.74 Å². The minimum atomic E-state index is -0.282. The molecule has 86 valence electrons. The van der Waals surface area contributed by atoms with Crippen LogP contribution in [0.1, 0.15) is 19.8 Å². The molecule has 0 aromatic carbocycles. The first-order valence-electron chi connectivity index (χ1n) is 5.08. The van der Waals surface area contributed by atoms with E-state index in [1.165, 1.54) is 0 Å². The molecule has 0 spiro atoms. The number of hydrogen-bond acceptors (Lipinski definition) is 4. The van der Waals surface area contributed by atoms with Crippen LogP contribution in [0.2, 0.25) is 0 Å². The van der Waals surface area contributed by atoms with Gasteiger partial charge in [0.25, 0.3) is 0 Å². The molecule has 1 saturated heterocycles. The predicted molar refractivity (Wildman–Crippen MR) is 54.7 cm³/mol. The van der Waals surface area contributed by atoms with Gasteiger partial charge in [0.1, 0.15) is 5.84 Å². The van der Waals surface area contributed by atoms with Gasteiger partial charge in [-0.25, -0.2) is 4.79 Å². The highest BCUT2D eigenvalue weighted by Gasteiger charge is 2.25. The Morgan fingerprint density at radius 3 is 2.67 bits per heavy atom. The molecule has 0 unspecified atom stereocenters. The van der Waals surface area contributed by atoms with Crippen molar-refractivity contribution in [3.63, 3.8) is 0 Å². The average Bonchev–Trinajstić information content (AvgIpc) is 2.28. The Kier molecular flexibility index (Phi) is 4.20. The van der Waals surface area contributed by atoms with Gasteiger partial charge < -0.3 is 20.6 Å². The molecular weight excluding hydrogens is 198 g/mol. The Balaban J connectivity index is 2.39. The average molecular weight is 215 g/mol. The lowest BCUT2D eigenvalue weighted by Crippen LogP contribution is -2.42. The molecule has 0 bridgehead atoms. The first-order chi connectivity index (χ1) is 7.19. The first-order valence-corrected chi connectivity index (χ1v) is 5.08. The molecule has 0 aromatic rings. The summed E-state index contributed by atoms with van der Waals surface area (Å²) in [6.45, 7) is 3.36. The number of amidine groups is 1. The maximum absolute atomic E-state index is 11.3. The monoisotopic (exact) mass is 215 g/mol. The summed E-state index contributed by atoms with van der Waals surface area (Å²) < 4.78 is 4.88. The van der Waals surface area contributed by atoms with Gasteiger partial charge in [0, 0.05) is 19.0 Å². The van der Waals surface area contributed by atoms with Crippen LogP contribution in [0.3, 0.4) is 0 Å². The van der Waals surface area contributed by atoms with E-state index in [4.69, 9.17) is 15.7 Å². The number of rotatable bonds is 2. The van der Waals surface area contributed by atoms with Crippen LogP contribution in [0.4, 0.5) is 4.79 Å². The van der Waals surface area contributed by atoms with Crippen molar-refractivity contribution >= 4 is 11.9 Å². The van der Waals surface area contributed by atoms with Gasteiger partial charge >= 0.3 is 6.09 Å². The van der Waals surface area contributed by atoms with Gasteiger partial charge in [0.2, 0.25) is 0 Å². The summed E-state index contributed by atoms with van der Waals surface area (Å²) in [4.78, 5) is 13.0. The third kappa shape index (κ3) is 3.00. The molecule has 6 nitrogen and oxygen atoms in total. The fraction of sp³-hybridized carbons (Fsp3) is 0.778. The van der Waals surface area contributed by atoms with E-state index in [1.54, 1.807) is 11.8 Å². The highest BCUT2D eigenvalue weighted by atomic mass is 16.6. The summed E-state index contributed by atoms with van der Waals surface area (Å²) in [7, 11) is 0. The van der Waals surface area contributed by atoms with Crippen molar-refractivity contribution in [2.75, 3.05) is 19.7 Å². The number of carbonyl (C=O) groups is 1. The summed E-state index contributed by atoms with van der Waals surface area (Å²) in [5.74, 6) is 0.319. The van der Waals surface area contributed by atoms with Gasteiger partial charge in [-0.2, -0.15) is 0 Å². The van der Waals surface area contributed by atoms with Crippen LogP contribution in [0.15, 0.2) is 5.16 Å². The van der Waals surface area contributed by atoms with Crippen molar-refractivity contribution in [2.24, 2.45) is 16.8 Å². The Bertz CT molecular complexity index is 247. The van der Waals surface area contributed by atoms with Crippen molar-refractivity contribution in [3.05, 3.63) is 0 Å². The van der Waals surface area contributed by atoms with Gasteiger partial charge in [-0.05, 0) is 19.8 Å². The topological polar surface area (TPSA) is 88.2 Å². The quantitative estimate of drug-likeness (QED) is 0.305. The smallest absolute Gasteiger partial charge is 0.409 e.